The number of rotatable bonds is 12. The number of likely N-dealkylation sites (tertiary alicyclic amines) is 1. The van der Waals surface area contributed by atoms with Gasteiger partial charge in [0.2, 0.25) is 11.8 Å². The summed E-state index contributed by atoms with van der Waals surface area (Å²) in [6.07, 6.45) is 5.28. The maximum Gasteiger partial charge on any atom is 0.251 e. The minimum atomic E-state index is -0.745. The Balaban J connectivity index is 1.42. The number of aliphatic hydroxyl groups is 1. The van der Waals surface area contributed by atoms with Gasteiger partial charge in [-0.1, -0.05) is 67.6 Å². The van der Waals surface area contributed by atoms with Crippen molar-refractivity contribution < 1.29 is 19.5 Å². The van der Waals surface area contributed by atoms with E-state index in [2.05, 4.69) is 20.1 Å². The van der Waals surface area contributed by atoms with Crippen LogP contribution >= 0.6 is 11.8 Å². The van der Waals surface area contributed by atoms with Gasteiger partial charge in [-0.2, -0.15) is 0 Å². The van der Waals surface area contributed by atoms with Crippen molar-refractivity contribution >= 4 is 51.6 Å². The van der Waals surface area contributed by atoms with Crippen LogP contribution in [0.1, 0.15) is 26.2 Å². The predicted octanol–water partition coefficient (Wildman–Crippen LogP) is 5.69. The summed E-state index contributed by atoms with van der Waals surface area (Å²) in [7, 11) is 0. The van der Waals surface area contributed by atoms with Crippen molar-refractivity contribution in [3.8, 4) is 0 Å². The molecule has 45 heavy (non-hydrogen) atoms. The third-order valence-corrected chi connectivity index (χ3v) is 11.9. The highest BCUT2D eigenvalue weighted by Gasteiger charge is 2.76. The van der Waals surface area contributed by atoms with Crippen LogP contribution in [0.25, 0.3) is 10.8 Å². The first-order valence-electron chi connectivity index (χ1n) is 15.8. The first-order chi connectivity index (χ1) is 21.9. The van der Waals surface area contributed by atoms with Gasteiger partial charge in [-0.05, 0) is 60.2 Å². The van der Waals surface area contributed by atoms with E-state index in [0.29, 0.717) is 32.5 Å². The van der Waals surface area contributed by atoms with Gasteiger partial charge in [0.1, 0.15) is 6.04 Å². The monoisotopic (exact) mass is 623 g/mol. The molecule has 3 fully saturated rings. The van der Waals surface area contributed by atoms with Crippen molar-refractivity contribution in [2.45, 2.75) is 42.2 Å². The normalized spacial score (nSPS) is 26.6. The number of carbonyl (C=O) groups is 3. The van der Waals surface area contributed by atoms with Crippen molar-refractivity contribution in [3.63, 3.8) is 0 Å². The number of thioether (sulfide) groups is 1. The largest absolute Gasteiger partial charge is 0.396 e. The number of nitrogens with zero attached hydrogens (tertiary/aromatic N) is 3. The SMILES string of the molecule is C=CCN(C(=O)C1N(CCCCO)C(=O)[C@@H]2[C@@H](C(=O)N(CC=C)c3ccccc3)[C@H]3CC(C)C12S3)c1ccc2ccccc2c1. The Hall–Kier alpha value is -3.88. The lowest BCUT2D eigenvalue weighted by atomic mass is 9.65. The molecule has 3 heterocycles. The van der Waals surface area contributed by atoms with Crippen LogP contribution < -0.4 is 9.80 Å². The number of fused-ring (bicyclic) bond motifs is 2. The third-order valence-electron chi connectivity index (χ3n) is 9.84. The molecule has 0 aromatic heterocycles. The molecule has 3 aliphatic heterocycles. The predicted molar refractivity (Wildman–Crippen MR) is 182 cm³/mol. The fraction of sp³-hybridized carbons (Fsp3) is 0.378. The molecule has 0 saturated carbocycles. The molecule has 0 radical (unpaired) electrons. The fourth-order valence-corrected chi connectivity index (χ4v) is 10.3. The lowest BCUT2D eigenvalue weighted by Crippen LogP contribution is -2.57. The highest BCUT2D eigenvalue weighted by molar-refractivity contribution is 8.02. The van der Waals surface area contributed by atoms with Gasteiger partial charge in [-0.15, -0.1) is 24.9 Å². The van der Waals surface area contributed by atoms with Crippen molar-refractivity contribution in [1.82, 2.24) is 4.90 Å². The van der Waals surface area contributed by atoms with Crippen molar-refractivity contribution in [1.29, 1.82) is 0 Å². The zero-order chi connectivity index (χ0) is 31.7. The third kappa shape index (κ3) is 5.18. The number of anilines is 2. The zero-order valence-electron chi connectivity index (χ0n) is 25.8. The van der Waals surface area contributed by atoms with E-state index in [1.54, 1.807) is 38.6 Å². The molecule has 1 N–H and O–H groups in total. The molecule has 0 aliphatic carbocycles. The zero-order valence-corrected chi connectivity index (χ0v) is 26.6. The second kappa shape index (κ2) is 12.9. The number of hydrogen-bond donors (Lipinski definition) is 1. The summed E-state index contributed by atoms with van der Waals surface area (Å²) in [6, 6.07) is 22.8. The van der Waals surface area contributed by atoms with Crippen LogP contribution in [0.3, 0.4) is 0 Å². The van der Waals surface area contributed by atoms with Gasteiger partial charge in [0.05, 0.1) is 16.6 Å². The van der Waals surface area contributed by atoms with Gasteiger partial charge in [-0.3, -0.25) is 14.4 Å². The quantitative estimate of drug-likeness (QED) is 0.207. The molecule has 1 spiro atoms. The van der Waals surface area contributed by atoms with Crippen LogP contribution in [0.4, 0.5) is 11.4 Å². The fourth-order valence-electron chi connectivity index (χ4n) is 7.90. The van der Waals surface area contributed by atoms with E-state index in [9.17, 15) is 19.5 Å². The van der Waals surface area contributed by atoms with Crippen LogP contribution in [-0.2, 0) is 14.4 Å². The Morgan fingerprint density at radius 2 is 1.60 bits per heavy atom. The molecule has 3 aromatic carbocycles. The molecule has 3 unspecified atom stereocenters. The first-order valence-corrected chi connectivity index (χ1v) is 16.7. The molecule has 6 rings (SSSR count). The molecule has 3 aromatic rings. The Bertz CT molecular complexity index is 1610. The lowest BCUT2D eigenvalue weighted by molar-refractivity contribution is -0.139. The molecule has 234 valence electrons. The summed E-state index contributed by atoms with van der Waals surface area (Å²) in [5.41, 5.74) is 1.52. The molecule has 3 aliphatic rings. The van der Waals surface area contributed by atoms with E-state index < -0.39 is 22.6 Å². The summed E-state index contributed by atoms with van der Waals surface area (Å²) < 4.78 is -0.745. The average molecular weight is 624 g/mol. The van der Waals surface area contributed by atoms with E-state index in [1.165, 1.54) is 0 Å². The Labute approximate surface area is 269 Å². The van der Waals surface area contributed by atoms with Gasteiger partial charge < -0.3 is 19.8 Å². The minimum Gasteiger partial charge on any atom is -0.396 e. The molecular formula is C37H41N3O4S. The van der Waals surface area contributed by atoms with Crippen LogP contribution in [0.5, 0.6) is 0 Å². The second-order valence-corrected chi connectivity index (χ2v) is 13.9. The van der Waals surface area contributed by atoms with Crippen LogP contribution in [0, 0.1) is 17.8 Å². The van der Waals surface area contributed by atoms with E-state index >= 15 is 0 Å². The Morgan fingerprint density at radius 3 is 2.29 bits per heavy atom. The number of aliphatic hydroxyl groups excluding tert-OH is 1. The highest BCUT2D eigenvalue weighted by atomic mass is 32.2. The van der Waals surface area contributed by atoms with E-state index in [0.717, 1.165) is 28.6 Å². The van der Waals surface area contributed by atoms with Gasteiger partial charge >= 0.3 is 0 Å². The molecule has 3 saturated heterocycles. The molecule has 3 amide bonds. The van der Waals surface area contributed by atoms with Crippen molar-refractivity contribution in [2.75, 3.05) is 36.0 Å². The summed E-state index contributed by atoms with van der Waals surface area (Å²) in [5, 5.41) is 11.6. The lowest BCUT2D eigenvalue weighted by Gasteiger charge is -2.41. The topological polar surface area (TPSA) is 81.2 Å². The van der Waals surface area contributed by atoms with Crippen LogP contribution in [0.15, 0.2) is 98.1 Å². The Kier molecular flexibility index (Phi) is 8.89. The van der Waals surface area contributed by atoms with Gasteiger partial charge in [0, 0.05) is 42.9 Å². The van der Waals surface area contributed by atoms with Crippen molar-refractivity contribution in [2.24, 2.45) is 17.8 Å². The average Bonchev–Trinajstić information content (AvgIpc) is 3.65. The summed E-state index contributed by atoms with van der Waals surface area (Å²) in [5.74, 6) is -1.49. The summed E-state index contributed by atoms with van der Waals surface area (Å²) in [6.45, 7) is 11.0. The highest BCUT2D eigenvalue weighted by Crippen LogP contribution is 2.69. The number of unbranched alkanes of at least 4 members (excludes halogenated alkanes) is 1. The van der Waals surface area contributed by atoms with E-state index in [1.807, 2.05) is 72.8 Å². The number of benzene rings is 3. The van der Waals surface area contributed by atoms with E-state index in [4.69, 9.17) is 0 Å². The molecule has 8 heteroatoms. The van der Waals surface area contributed by atoms with E-state index in [-0.39, 0.29) is 35.5 Å². The maximum absolute atomic E-state index is 15.0. The van der Waals surface area contributed by atoms with Gasteiger partial charge in [0.25, 0.3) is 5.91 Å². The van der Waals surface area contributed by atoms with Gasteiger partial charge in [-0.25, -0.2) is 0 Å². The minimum absolute atomic E-state index is 0.0107. The standard InChI is InChI=1S/C37H41N3O4S/c1-4-19-38(28-15-7-6-8-16-28)34(42)31-30-23-25(3)37(45-30)32(31)35(43)40(21-11-12-22-41)33(37)36(44)39(20-5-2)29-18-17-26-13-9-10-14-27(26)24-29/h4-10,13-18,24-25,30-33,41H,1-2,11-12,19-23H2,3H3/t25?,30-,31+,32+,33?,37?/m1/s1. The molecular weight excluding hydrogens is 582 g/mol. The van der Waals surface area contributed by atoms with Crippen molar-refractivity contribution in [3.05, 3.63) is 98.1 Å². The molecule has 7 nitrogen and oxygen atoms in total. The molecule has 2 bridgehead atoms. The summed E-state index contributed by atoms with van der Waals surface area (Å²) in [4.78, 5) is 49.3. The molecule has 6 atom stereocenters. The summed E-state index contributed by atoms with van der Waals surface area (Å²) >= 11 is 1.68. The maximum atomic E-state index is 15.0. The van der Waals surface area contributed by atoms with Gasteiger partial charge in [0.15, 0.2) is 0 Å². The number of amides is 3. The van der Waals surface area contributed by atoms with Crippen LogP contribution in [0.2, 0.25) is 0 Å². The Morgan fingerprint density at radius 1 is 0.933 bits per heavy atom. The first kappa shape index (κ1) is 31.1. The number of carbonyl (C=O) groups excluding carboxylic acids is 3. The number of hydrogen-bond acceptors (Lipinski definition) is 5. The van der Waals surface area contributed by atoms with Crippen LogP contribution in [-0.4, -0.2) is 70.0 Å². The second-order valence-electron chi connectivity index (χ2n) is 12.4. The number of para-hydroxylation sites is 1. The smallest absolute Gasteiger partial charge is 0.251 e.